The lowest BCUT2D eigenvalue weighted by molar-refractivity contribution is 0.497. The second kappa shape index (κ2) is 7.08. The van der Waals surface area contributed by atoms with Crippen molar-refractivity contribution in [2.75, 3.05) is 6.54 Å². The maximum atomic E-state index is 3.56. The first kappa shape index (κ1) is 13.7. The van der Waals surface area contributed by atoms with Crippen LogP contribution < -0.4 is 5.32 Å². The molecule has 1 aromatic carbocycles. The molecule has 0 heterocycles. The van der Waals surface area contributed by atoms with E-state index in [2.05, 4.69) is 66.3 Å². The number of benzene rings is 1. The van der Waals surface area contributed by atoms with Crippen LogP contribution in [0.1, 0.15) is 45.2 Å². The van der Waals surface area contributed by atoms with Gasteiger partial charge in [-0.3, -0.25) is 0 Å². The fourth-order valence-electron chi connectivity index (χ4n) is 1.72. The van der Waals surface area contributed by atoms with Crippen LogP contribution in [-0.4, -0.2) is 6.54 Å². The van der Waals surface area contributed by atoms with Crippen molar-refractivity contribution >= 4 is 15.9 Å². The van der Waals surface area contributed by atoms with Crippen molar-refractivity contribution in [2.24, 2.45) is 5.92 Å². The standard InChI is InChI=1S/C14H22BrN/c1-11(2)6-5-9-16-12(3)13-7-4-8-14(15)10-13/h4,7-8,10-12,16H,5-6,9H2,1-3H3. The second-order valence-electron chi connectivity index (χ2n) is 4.77. The van der Waals surface area contributed by atoms with Crippen molar-refractivity contribution < 1.29 is 0 Å². The maximum absolute atomic E-state index is 3.56. The third-order valence-corrected chi connectivity index (χ3v) is 3.25. The van der Waals surface area contributed by atoms with Crippen LogP contribution in [0.5, 0.6) is 0 Å². The van der Waals surface area contributed by atoms with E-state index in [1.165, 1.54) is 18.4 Å². The predicted molar refractivity (Wildman–Crippen MR) is 74.6 cm³/mol. The number of hydrogen-bond donors (Lipinski definition) is 1. The average Bonchev–Trinajstić information content (AvgIpc) is 2.24. The minimum atomic E-state index is 0.435. The summed E-state index contributed by atoms with van der Waals surface area (Å²) >= 11 is 3.50. The van der Waals surface area contributed by atoms with Crippen LogP contribution in [0.3, 0.4) is 0 Å². The molecule has 2 heteroatoms. The van der Waals surface area contributed by atoms with E-state index in [9.17, 15) is 0 Å². The highest BCUT2D eigenvalue weighted by atomic mass is 79.9. The first-order valence-electron chi connectivity index (χ1n) is 6.08. The average molecular weight is 284 g/mol. The van der Waals surface area contributed by atoms with Gasteiger partial charge in [-0.25, -0.2) is 0 Å². The van der Waals surface area contributed by atoms with Crippen LogP contribution in [0.15, 0.2) is 28.7 Å². The SMILES string of the molecule is CC(C)CCCNC(C)c1cccc(Br)c1. The van der Waals surface area contributed by atoms with Gasteiger partial charge in [0.15, 0.2) is 0 Å². The highest BCUT2D eigenvalue weighted by Crippen LogP contribution is 2.17. The van der Waals surface area contributed by atoms with E-state index in [4.69, 9.17) is 0 Å². The Morgan fingerprint density at radius 2 is 2.00 bits per heavy atom. The van der Waals surface area contributed by atoms with Gasteiger partial charge in [0, 0.05) is 10.5 Å². The fraction of sp³-hybridized carbons (Fsp3) is 0.571. The Balaban J connectivity index is 2.32. The zero-order valence-corrected chi connectivity index (χ0v) is 12.0. The molecule has 0 spiro atoms. The quantitative estimate of drug-likeness (QED) is 0.756. The van der Waals surface area contributed by atoms with Crippen LogP contribution in [0.25, 0.3) is 0 Å². The smallest absolute Gasteiger partial charge is 0.0292 e. The summed E-state index contributed by atoms with van der Waals surface area (Å²) in [5, 5.41) is 3.56. The number of rotatable bonds is 6. The van der Waals surface area contributed by atoms with Crippen molar-refractivity contribution in [1.29, 1.82) is 0 Å². The Kier molecular flexibility index (Phi) is 6.07. The summed E-state index contributed by atoms with van der Waals surface area (Å²) in [4.78, 5) is 0. The molecule has 0 aliphatic rings. The van der Waals surface area contributed by atoms with Crippen LogP contribution >= 0.6 is 15.9 Å². The molecule has 0 saturated carbocycles. The van der Waals surface area contributed by atoms with Gasteiger partial charge in [0.1, 0.15) is 0 Å². The van der Waals surface area contributed by atoms with Crippen molar-refractivity contribution in [3.05, 3.63) is 34.3 Å². The Hall–Kier alpha value is -0.340. The summed E-state index contributed by atoms with van der Waals surface area (Å²) in [5.74, 6) is 0.808. The third-order valence-electron chi connectivity index (χ3n) is 2.76. The largest absolute Gasteiger partial charge is 0.310 e. The van der Waals surface area contributed by atoms with Gasteiger partial charge in [-0.2, -0.15) is 0 Å². The van der Waals surface area contributed by atoms with E-state index in [1.807, 2.05) is 0 Å². The Morgan fingerprint density at radius 3 is 2.62 bits per heavy atom. The summed E-state index contributed by atoms with van der Waals surface area (Å²) in [7, 11) is 0. The monoisotopic (exact) mass is 283 g/mol. The van der Waals surface area contributed by atoms with Crippen molar-refractivity contribution in [3.63, 3.8) is 0 Å². The molecule has 1 unspecified atom stereocenters. The molecule has 1 nitrogen and oxygen atoms in total. The van der Waals surface area contributed by atoms with Crippen molar-refractivity contribution in [2.45, 2.75) is 39.7 Å². The van der Waals surface area contributed by atoms with Crippen LogP contribution in [0.4, 0.5) is 0 Å². The molecule has 0 fully saturated rings. The summed E-state index contributed by atoms with van der Waals surface area (Å²) < 4.78 is 1.15. The predicted octanol–water partition coefficient (Wildman–Crippen LogP) is 4.54. The molecular formula is C14H22BrN. The zero-order valence-electron chi connectivity index (χ0n) is 10.5. The maximum Gasteiger partial charge on any atom is 0.0292 e. The Labute approximate surface area is 108 Å². The lowest BCUT2D eigenvalue weighted by Gasteiger charge is -2.15. The van der Waals surface area contributed by atoms with Crippen molar-refractivity contribution in [1.82, 2.24) is 5.32 Å². The van der Waals surface area contributed by atoms with Gasteiger partial charge < -0.3 is 5.32 Å². The molecule has 0 aliphatic carbocycles. The Morgan fingerprint density at radius 1 is 1.25 bits per heavy atom. The van der Waals surface area contributed by atoms with Gasteiger partial charge in [0.25, 0.3) is 0 Å². The number of halogens is 1. The summed E-state index contributed by atoms with van der Waals surface area (Å²) in [6.07, 6.45) is 2.56. The minimum absolute atomic E-state index is 0.435. The molecule has 90 valence electrons. The van der Waals surface area contributed by atoms with Crippen molar-refractivity contribution in [3.8, 4) is 0 Å². The highest BCUT2D eigenvalue weighted by molar-refractivity contribution is 9.10. The van der Waals surface area contributed by atoms with Gasteiger partial charge >= 0.3 is 0 Å². The first-order valence-corrected chi connectivity index (χ1v) is 6.87. The van der Waals surface area contributed by atoms with Gasteiger partial charge in [-0.15, -0.1) is 0 Å². The number of nitrogens with one attached hydrogen (secondary N) is 1. The lowest BCUT2D eigenvalue weighted by Crippen LogP contribution is -2.20. The Bertz CT molecular complexity index is 309. The molecule has 0 bridgehead atoms. The molecule has 0 aliphatic heterocycles. The second-order valence-corrected chi connectivity index (χ2v) is 5.68. The van der Waals surface area contributed by atoms with E-state index < -0.39 is 0 Å². The van der Waals surface area contributed by atoms with Crippen LogP contribution in [0.2, 0.25) is 0 Å². The third kappa shape index (κ3) is 5.13. The highest BCUT2D eigenvalue weighted by Gasteiger charge is 2.04. The van der Waals surface area contributed by atoms with E-state index in [0.29, 0.717) is 6.04 Å². The van der Waals surface area contributed by atoms with Gasteiger partial charge in [-0.05, 0) is 49.9 Å². The fourth-order valence-corrected chi connectivity index (χ4v) is 2.14. The molecule has 1 aromatic rings. The summed E-state index contributed by atoms with van der Waals surface area (Å²) in [5.41, 5.74) is 1.35. The lowest BCUT2D eigenvalue weighted by atomic mass is 10.1. The van der Waals surface area contributed by atoms with E-state index in [1.54, 1.807) is 0 Å². The molecule has 0 radical (unpaired) electrons. The molecule has 1 atom stereocenters. The first-order chi connectivity index (χ1) is 7.59. The molecule has 1 rings (SSSR count). The van der Waals surface area contributed by atoms with E-state index >= 15 is 0 Å². The molecule has 0 amide bonds. The minimum Gasteiger partial charge on any atom is -0.310 e. The van der Waals surface area contributed by atoms with Gasteiger partial charge in [0.2, 0.25) is 0 Å². The molecule has 0 saturated heterocycles. The summed E-state index contributed by atoms with van der Waals surface area (Å²) in [6, 6.07) is 8.94. The van der Waals surface area contributed by atoms with Gasteiger partial charge in [-0.1, -0.05) is 41.9 Å². The zero-order chi connectivity index (χ0) is 12.0. The van der Waals surface area contributed by atoms with Crippen LogP contribution in [0, 0.1) is 5.92 Å². The van der Waals surface area contributed by atoms with Gasteiger partial charge in [0.05, 0.1) is 0 Å². The molecule has 16 heavy (non-hydrogen) atoms. The van der Waals surface area contributed by atoms with E-state index in [0.717, 1.165) is 16.9 Å². The molecular weight excluding hydrogens is 262 g/mol. The summed E-state index contributed by atoms with van der Waals surface area (Å²) in [6.45, 7) is 7.87. The molecule has 0 aromatic heterocycles. The molecule has 1 N–H and O–H groups in total. The number of hydrogen-bond acceptors (Lipinski definition) is 1. The van der Waals surface area contributed by atoms with Crippen LogP contribution in [-0.2, 0) is 0 Å². The normalized spacial score (nSPS) is 13.1. The van der Waals surface area contributed by atoms with E-state index in [-0.39, 0.29) is 0 Å². The topological polar surface area (TPSA) is 12.0 Å².